The van der Waals surface area contributed by atoms with E-state index in [1.54, 1.807) is 24.3 Å². The van der Waals surface area contributed by atoms with Crippen LogP contribution in [0.25, 0.3) is 0 Å². The Morgan fingerprint density at radius 2 is 1.86 bits per heavy atom. The molecule has 0 unspecified atom stereocenters. The van der Waals surface area contributed by atoms with Crippen LogP contribution in [0.2, 0.25) is 0 Å². The van der Waals surface area contributed by atoms with Crippen molar-refractivity contribution in [2.24, 2.45) is 5.73 Å². The molecule has 1 spiro atoms. The Labute approximate surface area is 121 Å². The maximum atomic E-state index is 12.5. The average molecular weight is 279 g/mol. The van der Waals surface area contributed by atoms with Crippen LogP contribution in [0.15, 0.2) is 48.5 Å². The van der Waals surface area contributed by atoms with E-state index in [1.807, 2.05) is 24.3 Å². The first-order chi connectivity index (χ1) is 10.1. The lowest BCUT2D eigenvalue weighted by Gasteiger charge is -2.02. The summed E-state index contributed by atoms with van der Waals surface area (Å²) >= 11 is 0. The Morgan fingerprint density at radius 1 is 1.14 bits per heavy atom. The van der Waals surface area contributed by atoms with Gasteiger partial charge in [0.25, 0.3) is 0 Å². The molecule has 0 saturated carbocycles. The molecule has 2 atom stereocenters. The number of hydrogen-bond acceptors (Lipinski definition) is 3. The molecular weight excluding hydrogens is 266 g/mol. The third kappa shape index (κ3) is 1.66. The summed E-state index contributed by atoms with van der Waals surface area (Å²) in [6.07, 6.45) is 0.379. The summed E-state index contributed by atoms with van der Waals surface area (Å²) in [5.41, 5.74) is 7.64. The molecule has 1 aliphatic heterocycles. The summed E-state index contributed by atoms with van der Waals surface area (Å²) in [6.45, 7) is 0. The third-order valence-corrected chi connectivity index (χ3v) is 4.29. The van der Waals surface area contributed by atoms with Crippen molar-refractivity contribution in [2.75, 3.05) is 0 Å². The minimum Gasteiger partial charge on any atom is -0.366 e. The summed E-state index contributed by atoms with van der Waals surface area (Å²) in [5.74, 6) is -0.403. The molecule has 0 bridgehead atoms. The number of ether oxygens (including phenoxy) is 1. The van der Waals surface area contributed by atoms with Gasteiger partial charge in [0.1, 0.15) is 6.10 Å². The molecule has 2 aromatic rings. The molecule has 1 amide bonds. The van der Waals surface area contributed by atoms with Gasteiger partial charge in [0.05, 0.1) is 0 Å². The van der Waals surface area contributed by atoms with E-state index in [0.29, 0.717) is 12.0 Å². The molecule has 21 heavy (non-hydrogen) atoms. The second-order valence-corrected chi connectivity index (χ2v) is 5.54. The zero-order valence-corrected chi connectivity index (χ0v) is 11.2. The fraction of sp³-hybridized carbons (Fsp3) is 0.176. The quantitative estimate of drug-likeness (QED) is 0.855. The van der Waals surface area contributed by atoms with Crippen LogP contribution in [0.1, 0.15) is 37.9 Å². The topological polar surface area (TPSA) is 72.7 Å². The molecule has 4 rings (SSSR count). The highest BCUT2D eigenvalue weighted by atomic mass is 16.6. The Balaban J connectivity index is 1.64. The number of fused-ring (bicyclic) bond motifs is 1. The van der Waals surface area contributed by atoms with Crippen LogP contribution in [0.5, 0.6) is 0 Å². The maximum absolute atomic E-state index is 12.5. The number of ketones is 1. The van der Waals surface area contributed by atoms with Gasteiger partial charge in [-0.05, 0) is 23.3 Å². The minimum atomic E-state index is -0.738. The molecule has 2 aliphatic rings. The lowest BCUT2D eigenvalue weighted by Crippen LogP contribution is -2.20. The largest absolute Gasteiger partial charge is 0.366 e. The first kappa shape index (κ1) is 12.3. The average Bonchev–Trinajstić information content (AvgIpc) is 3.15. The van der Waals surface area contributed by atoms with Crippen molar-refractivity contribution in [3.63, 3.8) is 0 Å². The number of nitrogens with two attached hydrogens (primary N) is 1. The van der Waals surface area contributed by atoms with Crippen LogP contribution >= 0.6 is 0 Å². The van der Waals surface area contributed by atoms with Gasteiger partial charge in [0.15, 0.2) is 11.4 Å². The Kier molecular flexibility index (Phi) is 2.35. The SMILES string of the molecule is NC(=O)c1ccc([C@@H]2O[C@]23Cc2ccccc2C3=O)cc1. The van der Waals surface area contributed by atoms with Crippen LogP contribution in [-0.4, -0.2) is 17.3 Å². The maximum Gasteiger partial charge on any atom is 0.248 e. The van der Waals surface area contributed by atoms with Gasteiger partial charge in [0, 0.05) is 17.5 Å². The molecule has 1 fully saturated rings. The number of amides is 1. The molecule has 0 radical (unpaired) electrons. The molecule has 1 saturated heterocycles. The molecular formula is C17H13NO3. The smallest absolute Gasteiger partial charge is 0.248 e. The van der Waals surface area contributed by atoms with Crippen LogP contribution < -0.4 is 5.73 Å². The van der Waals surface area contributed by atoms with E-state index in [-0.39, 0.29) is 11.9 Å². The van der Waals surface area contributed by atoms with E-state index < -0.39 is 11.5 Å². The van der Waals surface area contributed by atoms with Crippen molar-refractivity contribution in [1.82, 2.24) is 0 Å². The molecule has 2 N–H and O–H groups in total. The zero-order valence-electron chi connectivity index (χ0n) is 11.2. The van der Waals surface area contributed by atoms with Crippen molar-refractivity contribution >= 4 is 11.7 Å². The normalized spacial score (nSPS) is 25.9. The predicted molar refractivity (Wildman–Crippen MR) is 76.0 cm³/mol. The fourth-order valence-corrected chi connectivity index (χ4v) is 3.13. The van der Waals surface area contributed by atoms with E-state index in [1.165, 1.54) is 0 Å². The zero-order chi connectivity index (χ0) is 14.6. The molecule has 1 heterocycles. The second-order valence-electron chi connectivity index (χ2n) is 5.54. The number of Topliss-reactive ketones (excluding diaryl/α,β-unsaturated/α-hetero) is 1. The molecule has 104 valence electrons. The third-order valence-electron chi connectivity index (χ3n) is 4.29. The van der Waals surface area contributed by atoms with Crippen LogP contribution in [0, 0.1) is 0 Å². The van der Waals surface area contributed by atoms with Crippen molar-refractivity contribution in [2.45, 2.75) is 18.1 Å². The van der Waals surface area contributed by atoms with Crippen molar-refractivity contribution in [3.05, 3.63) is 70.8 Å². The number of carbonyl (C=O) groups excluding carboxylic acids is 2. The first-order valence-electron chi connectivity index (χ1n) is 6.82. The van der Waals surface area contributed by atoms with Gasteiger partial charge in [-0.3, -0.25) is 9.59 Å². The fourth-order valence-electron chi connectivity index (χ4n) is 3.13. The molecule has 4 nitrogen and oxygen atoms in total. The summed E-state index contributed by atoms with van der Waals surface area (Å²) < 4.78 is 5.78. The van der Waals surface area contributed by atoms with Crippen molar-refractivity contribution in [3.8, 4) is 0 Å². The number of benzene rings is 2. The van der Waals surface area contributed by atoms with Gasteiger partial charge < -0.3 is 10.5 Å². The summed E-state index contributed by atoms with van der Waals surface area (Å²) in [5, 5.41) is 0. The van der Waals surface area contributed by atoms with Gasteiger partial charge in [-0.15, -0.1) is 0 Å². The lowest BCUT2D eigenvalue weighted by molar-refractivity contribution is 0.0893. The standard InChI is InChI=1S/C17H13NO3/c18-16(20)11-7-5-10(6-8-11)15-17(21-15)9-12-3-1-2-4-13(12)14(17)19/h1-8,15H,9H2,(H2,18,20)/t15-,17-/m0/s1. The van der Waals surface area contributed by atoms with Crippen LogP contribution in [0.4, 0.5) is 0 Å². The molecule has 0 aromatic heterocycles. The summed E-state index contributed by atoms with van der Waals surface area (Å²) in [7, 11) is 0. The van der Waals surface area contributed by atoms with Gasteiger partial charge in [-0.2, -0.15) is 0 Å². The highest BCUT2D eigenvalue weighted by molar-refractivity contribution is 6.09. The Bertz CT molecular complexity index is 766. The van der Waals surface area contributed by atoms with E-state index in [2.05, 4.69) is 0 Å². The van der Waals surface area contributed by atoms with Crippen molar-refractivity contribution < 1.29 is 14.3 Å². The minimum absolute atomic E-state index is 0.0575. The molecule has 2 aromatic carbocycles. The monoisotopic (exact) mass is 279 g/mol. The van der Waals surface area contributed by atoms with Gasteiger partial charge in [-0.25, -0.2) is 0 Å². The van der Waals surface area contributed by atoms with Crippen LogP contribution in [-0.2, 0) is 11.2 Å². The summed E-state index contributed by atoms with van der Waals surface area (Å²) in [6, 6.07) is 14.6. The number of carbonyl (C=O) groups is 2. The highest BCUT2D eigenvalue weighted by Gasteiger charge is 2.65. The van der Waals surface area contributed by atoms with Crippen molar-refractivity contribution in [1.29, 1.82) is 0 Å². The number of rotatable bonds is 2. The predicted octanol–water partition coefficient (Wildman–Crippen LogP) is 2.03. The van der Waals surface area contributed by atoms with Gasteiger partial charge >= 0.3 is 0 Å². The van der Waals surface area contributed by atoms with E-state index in [9.17, 15) is 9.59 Å². The van der Waals surface area contributed by atoms with E-state index in [0.717, 1.165) is 16.7 Å². The van der Waals surface area contributed by atoms with E-state index >= 15 is 0 Å². The van der Waals surface area contributed by atoms with E-state index in [4.69, 9.17) is 10.5 Å². The molecule has 4 heteroatoms. The Hall–Kier alpha value is -2.46. The summed E-state index contributed by atoms with van der Waals surface area (Å²) in [4.78, 5) is 23.6. The Morgan fingerprint density at radius 3 is 2.52 bits per heavy atom. The number of hydrogen-bond donors (Lipinski definition) is 1. The number of primary amides is 1. The highest BCUT2D eigenvalue weighted by Crippen LogP contribution is 2.56. The lowest BCUT2D eigenvalue weighted by atomic mass is 9.95. The number of epoxide rings is 1. The molecule has 1 aliphatic carbocycles. The van der Waals surface area contributed by atoms with Crippen LogP contribution in [0.3, 0.4) is 0 Å². The second kappa shape index (κ2) is 4.02. The van der Waals surface area contributed by atoms with Gasteiger partial charge in [0.2, 0.25) is 5.91 Å². The van der Waals surface area contributed by atoms with Gasteiger partial charge in [-0.1, -0.05) is 36.4 Å². The first-order valence-corrected chi connectivity index (χ1v) is 6.82.